The minimum Gasteiger partial charge on any atom is -0.380 e. The summed E-state index contributed by atoms with van der Waals surface area (Å²) < 4.78 is 0. The molecule has 1 N–H and O–H groups in total. The van der Waals surface area contributed by atoms with Gasteiger partial charge >= 0.3 is 0 Å². The van der Waals surface area contributed by atoms with Gasteiger partial charge in [-0.1, -0.05) is 29.3 Å². The first-order valence-corrected chi connectivity index (χ1v) is 6.72. The molecule has 0 saturated heterocycles. The number of rotatable bonds is 1. The molecule has 1 aromatic carbocycles. The van der Waals surface area contributed by atoms with Crippen LogP contribution in [0.15, 0.2) is 35.0 Å². The van der Waals surface area contributed by atoms with Gasteiger partial charge < -0.3 is 5.32 Å². The second-order valence-electron chi connectivity index (χ2n) is 4.51. The molecule has 1 aliphatic heterocycles. The Bertz CT molecular complexity index is 718. The molecule has 1 aliphatic rings. The molecule has 1 aromatic rings. The van der Waals surface area contributed by atoms with E-state index in [2.05, 4.69) is 17.5 Å². The summed E-state index contributed by atoms with van der Waals surface area (Å²) in [6.07, 6.45) is 0. The topological polar surface area (TPSA) is 59.6 Å². The van der Waals surface area contributed by atoms with Gasteiger partial charge in [0, 0.05) is 11.3 Å². The van der Waals surface area contributed by atoms with Crippen LogP contribution in [0.25, 0.3) is 5.57 Å². The molecular formula is C15H11Cl2N3. The smallest absolute Gasteiger partial charge is 0.102 e. The van der Waals surface area contributed by atoms with E-state index in [1.54, 1.807) is 18.2 Å². The van der Waals surface area contributed by atoms with Crippen molar-refractivity contribution in [2.75, 3.05) is 0 Å². The van der Waals surface area contributed by atoms with Gasteiger partial charge in [0.2, 0.25) is 0 Å². The number of benzene rings is 1. The van der Waals surface area contributed by atoms with E-state index in [0.29, 0.717) is 26.8 Å². The Morgan fingerprint density at radius 2 is 1.85 bits per heavy atom. The third-order valence-electron chi connectivity index (χ3n) is 3.20. The zero-order valence-electron chi connectivity index (χ0n) is 11.0. The third kappa shape index (κ3) is 2.39. The molecule has 2 rings (SSSR count). The fraction of sp³-hybridized carbons (Fsp3) is 0.200. The van der Waals surface area contributed by atoms with Crippen molar-refractivity contribution >= 4 is 28.8 Å². The van der Waals surface area contributed by atoms with Gasteiger partial charge in [0.05, 0.1) is 33.3 Å². The Labute approximate surface area is 127 Å². The van der Waals surface area contributed by atoms with Gasteiger partial charge in [-0.3, -0.25) is 0 Å². The van der Waals surface area contributed by atoms with Crippen LogP contribution < -0.4 is 5.32 Å². The van der Waals surface area contributed by atoms with E-state index in [9.17, 15) is 10.5 Å². The molecule has 0 amide bonds. The largest absolute Gasteiger partial charge is 0.380 e. The molecule has 0 bridgehead atoms. The monoisotopic (exact) mass is 303 g/mol. The van der Waals surface area contributed by atoms with E-state index in [4.69, 9.17) is 23.2 Å². The molecule has 1 heterocycles. The zero-order valence-corrected chi connectivity index (χ0v) is 12.5. The summed E-state index contributed by atoms with van der Waals surface area (Å²) in [6, 6.07) is 9.29. The van der Waals surface area contributed by atoms with Crippen LogP contribution in [-0.4, -0.2) is 6.04 Å². The molecule has 0 aliphatic carbocycles. The predicted molar refractivity (Wildman–Crippen MR) is 79.9 cm³/mol. The molecular weight excluding hydrogens is 293 g/mol. The minimum atomic E-state index is -0.151. The second kappa shape index (κ2) is 5.59. The molecule has 0 saturated carbocycles. The summed E-state index contributed by atoms with van der Waals surface area (Å²) in [6.45, 7) is 3.70. The number of halogens is 2. The van der Waals surface area contributed by atoms with Gasteiger partial charge in [0.1, 0.15) is 6.07 Å². The van der Waals surface area contributed by atoms with Crippen molar-refractivity contribution < 1.29 is 0 Å². The Hall–Kier alpha value is -1.94. The Kier molecular flexibility index (Phi) is 4.04. The molecule has 1 unspecified atom stereocenters. The Morgan fingerprint density at radius 3 is 2.40 bits per heavy atom. The van der Waals surface area contributed by atoms with Crippen LogP contribution in [0, 0.1) is 22.7 Å². The van der Waals surface area contributed by atoms with Crippen molar-refractivity contribution in [1.82, 2.24) is 5.32 Å². The first-order chi connectivity index (χ1) is 9.49. The number of dihydropyridines is 1. The lowest BCUT2D eigenvalue weighted by Gasteiger charge is -2.25. The summed E-state index contributed by atoms with van der Waals surface area (Å²) in [4.78, 5) is 0. The van der Waals surface area contributed by atoms with Crippen LogP contribution in [0.3, 0.4) is 0 Å². The van der Waals surface area contributed by atoms with Gasteiger partial charge in [-0.25, -0.2) is 0 Å². The molecule has 0 spiro atoms. The quantitative estimate of drug-likeness (QED) is 0.851. The predicted octanol–water partition coefficient (Wildman–Crippen LogP) is 4.06. The molecule has 20 heavy (non-hydrogen) atoms. The number of hydrogen-bond acceptors (Lipinski definition) is 3. The highest BCUT2D eigenvalue weighted by atomic mass is 35.5. The van der Waals surface area contributed by atoms with Crippen LogP contribution in [0.5, 0.6) is 0 Å². The van der Waals surface area contributed by atoms with E-state index in [1.165, 1.54) is 0 Å². The average Bonchev–Trinajstić information content (AvgIpc) is 2.41. The zero-order chi connectivity index (χ0) is 14.9. The number of hydrogen-bond donors (Lipinski definition) is 1. The van der Waals surface area contributed by atoms with Crippen LogP contribution in [-0.2, 0) is 0 Å². The standard InChI is InChI=1S/C15H11Cl2N3/c1-8-11(6-18)15(12(7-19)9(2)20-8)10-3-4-13(16)14(17)5-10/h3-5,8,20H,1-2H3. The summed E-state index contributed by atoms with van der Waals surface area (Å²) in [5, 5.41) is 22.7. The third-order valence-corrected chi connectivity index (χ3v) is 3.94. The van der Waals surface area contributed by atoms with Crippen LogP contribution >= 0.6 is 23.2 Å². The fourth-order valence-corrected chi connectivity index (χ4v) is 2.55. The molecule has 100 valence electrons. The summed E-state index contributed by atoms with van der Waals surface area (Å²) in [7, 11) is 0. The number of allylic oxidation sites excluding steroid dienone is 3. The van der Waals surface area contributed by atoms with Crippen molar-refractivity contribution in [2.45, 2.75) is 19.9 Å². The van der Waals surface area contributed by atoms with Crippen molar-refractivity contribution in [2.24, 2.45) is 0 Å². The highest BCUT2D eigenvalue weighted by Gasteiger charge is 2.26. The minimum absolute atomic E-state index is 0.151. The SMILES string of the molecule is CC1=C(C#N)C(c2ccc(Cl)c(Cl)c2)=C(C#N)C(C)N1. The van der Waals surface area contributed by atoms with Crippen molar-refractivity contribution in [3.05, 3.63) is 50.7 Å². The lowest BCUT2D eigenvalue weighted by Crippen LogP contribution is -2.31. The molecule has 3 nitrogen and oxygen atoms in total. The van der Waals surface area contributed by atoms with E-state index < -0.39 is 0 Å². The maximum Gasteiger partial charge on any atom is 0.102 e. The van der Waals surface area contributed by atoms with Crippen molar-refractivity contribution in [3.8, 4) is 12.1 Å². The van der Waals surface area contributed by atoms with Crippen molar-refractivity contribution in [1.29, 1.82) is 10.5 Å². The van der Waals surface area contributed by atoms with Crippen LogP contribution in [0.1, 0.15) is 19.4 Å². The molecule has 5 heteroatoms. The average molecular weight is 304 g/mol. The summed E-state index contributed by atoms with van der Waals surface area (Å²) >= 11 is 12.0. The summed E-state index contributed by atoms with van der Waals surface area (Å²) in [5.74, 6) is 0. The molecule has 0 aromatic heterocycles. The number of nitriles is 2. The lowest BCUT2D eigenvalue weighted by molar-refractivity contribution is 0.696. The number of nitrogens with one attached hydrogen (secondary N) is 1. The van der Waals surface area contributed by atoms with Crippen LogP contribution in [0.2, 0.25) is 10.0 Å². The Morgan fingerprint density at radius 1 is 1.15 bits per heavy atom. The molecule has 1 atom stereocenters. The summed E-state index contributed by atoms with van der Waals surface area (Å²) in [5.41, 5.74) is 3.07. The fourth-order valence-electron chi connectivity index (χ4n) is 2.25. The normalized spacial score (nSPS) is 18.4. The van der Waals surface area contributed by atoms with E-state index in [0.717, 1.165) is 11.3 Å². The second-order valence-corrected chi connectivity index (χ2v) is 5.32. The van der Waals surface area contributed by atoms with Crippen LogP contribution in [0.4, 0.5) is 0 Å². The van der Waals surface area contributed by atoms with E-state index in [-0.39, 0.29) is 6.04 Å². The van der Waals surface area contributed by atoms with Gasteiger partial charge in [0.25, 0.3) is 0 Å². The van der Waals surface area contributed by atoms with Gasteiger partial charge in [-0.05, 0) is 31.5 Å². The highest BCUT2D eigenvalue weighted by molar-refractivity contribution is 6.42. The van der Waals surface area contributed by atoms with E-state index >= 15 is 0 Å². The van der Waals surface area contributed by atoms with Gasteiger partial charge in [0.15, 0.2) is 0 Å². The first kappa shape index (κ1) is 14.5. The van der Waals surface area contributed by atoms with Gasteiger partial charge in [-0.15, -0.1) is 0 Å². The van der Waals surface area contributed by atoms with E-state index in [1.807, 2.05) is 13.8 Å². The maximum atomic E-state index is 9.38. The molecule has 0 radical (unpaired) electrons. The Balaban J connectivity index is 2.74. The highest BCUT2D eigenvalue weighted by Crippen LogP contribution is 2.35. The lowest BCUT2D eigenvalue weighted by atomic mass is 9.87. The van der Waals surface area contributed by atoms with Gasteiger partial charge in [-0.2, -0.15) is 10.5 Å². The first-order valence-electron chi connectivity index (χ1n) is 5.97. The maximum absolute atomic E-state index is 9.38. The molecule has 0 fully saturated rings. The van der Waals surface area contributed by atoms with Crippen molar-refractivity contribution in [3.63, 3.8) is 0 Å². The number of nitrogens with zero attached hydrogens (tertiary/aromatic N) is 2.